The smallest absolute Gasteiger partial charge is 0.330 e. The van der Waals surface area contributed by atoms with Crippen molar-refractivity contribution in [2.45, 2.75) is 39.0 Å². The van der Waals surface area contributed by atoms with Crippen LogP contribution in [0.2, 0.25) is 0 Å². The van der Waals surface area contributed by atoms with Gasteiger partial charge in [-0.15, -0.1) is 0 Å². The SMILES string of the molecule is COC(=O)/C=C/c1ccc(CN2C[C@@H](C)N(Cc3ccccc3)[C@@H](C)C2)cc1. The Balaban J connectivity index is 1.56. The van der Waals surface area contributed by atoms with Gasteiger partial charge in [-0.05, 0) is 36.6 Å². The van der Waals surface area contributed by atoms with Crippen LogP contribution in [0.1, 0.15) is 30.5 Å². The van der Waals surface area contributed by atoms with Crippen LogP contribution in [0, 0.1) is 0 Å². The molecule has 0 spiro atoms. The second kappa shape index (κ2) is 9.67. The van der Waals surface area contributed by atoms with E-state index >= 15 is 0 Å². The van der Waals surface area contributed by atoms with Crippen molar-refractivity contribution >= 4 is 12.0 Å². The number of carbonyl (C=O) groups excluding carboxylic acids is 1. The zero-order valence-corrected chi connectivity index (χ0v) is 17.0. The molecule has 3 rings (SSSR count). The molecule has 2 aromatic carbocycles. The highest BCUT2D eigenvalue weighted by atomic mass is 16.5. The van der Waals surface area contributed by atoms with Crippen molar-refractivity contribution in [1.82, 2.24) is 9.80 Å². The molecule has 0 saturated carbocycles. The predicted octanol–water partition coefficient (Wildman–Crippen LogP) is 3.97. The first-order valence-electron chi connectivity index (χ1n) is 9.92. The maximum atomic E-state index is 11.2. The first kappa shape index (κ1) is 20.3. The van der Waals surface area contributed by atoms with E-state index in [9.17, 15) is 4.79 Å². The second-order valence-electron chi connectivity index (χ2n) is 7.65. The molecule has 0 aromatic heterocycles. The number of rotatable bonds is 6. The summed E-state index contributed by atoms with van der Waals surface area (Å²) in [4.78, 5) is 16.3. The fraction of sp³-hybridized carbons (Fsp3) is 0.375. The summed E-state index contributed by atoms with van der Waals surface area (Å²) in [7, 11) is 1.39. The molecule has 0 aliphatic carbocycles. The van der Waals surface area contributed by atoms with Crippen molar-refractivity contribution in [2.75, 3.05) is 20.2 Å². The van der Waals surface area contributed by atoms with Crippen molar-refractivity contribution in [3.63, 3.8) is 0 Å². The molecule has 0 amide bonds. The van der Waals surface area contributed by atoms with E-state index in [0.29, 0.717) is 12.1 Å². The lowest BCUT2D eigenvalue weighted by Crippen LogP contribution is -2.55. The minimum Gasteiger partial charge on any atom is -0.466 e. The molecule has 1 aliphatic heterocycles. The summed E-state index contributed by atoms with van der Waals surface area (Å²) in [5.74, 6) is -0.333. The van der Waals surface area contributed by atoms with Crippen LogP contribution in [0.15, 0.2) is 60.7 Å². The van der Waals surface area contributed by atoms with Crippen LogP contribution in [-0.2, 0) is 22.6 Å². The Morgan fingerprint density at radius 3 is 2.18 bits per heavy atom. The average Bonchev–Trinajstić information content (AvgIpc) is 2.71. The average molecular weight is 379 g/mol. The van der Waals surface area contributed by atoms with Gasteiger partial charge in [0.25, 0.3) is 0 Å². The summed E-state index contributed by atoms with van der Waals surface area (Å²) in [6.07, 6.45) is 3.23. The molecule has 148 valence electrons. The number of methoxy groups -OCH3 is 1. The highest BCUT2D eigenvalue weighted by molar-refractivity contribution is 5.86. The predicted molar refractivity (Wildman–Crippen MR) is 114 cm³/mol. The molecular formula is C24H30N2O2. The van der Waals surface area contributed by atoms with Crippen LogP contribution in [0.3, 0.4) is 0 Å². The van der Waals surface area contributed by atoms with Gasteiger partial charge in [0.1, 0.15) is 0 Å². The van der Waals surface area contributed by atoms with Gasteiger partial charge in [0.15, 0.2) is 0 Å². The molecule has 1 saturated heterocycles. The van der Waals surface area contributed by atoms with E-state index in [-0.39, 0.29) is 5.97 Å². The number of hydrogen-bond donors (Lipinski definition) is 0. The van der Waals surface area contributed by atoms with Crippen molar-refractivity contribution in [2.24, 2.45) is 0 Å². The topological polar surface area (TPSA) is 32.8 Å². The molecule has 2 aromatic rings. The van der Waals surface area contributed by atoms with Crippen LogP contribution in [0.5, 0.6) is 0 Å². The molecule has 0 radical (unpaired) electrons. The Hall–Kier alpha value is -2.43. The molecule has 0 bridgehead atoms. The standard InChI is InChI=1S/C24H30N2O2/c1-19-15-25(16-20(2)26(19)18-22-7-5-4-6-8-22)17-23-11-9-21(10-12-23)13-14-24(27)28-3/h4-14,19-20H,15-18H2,1-3H3/b14-13+/t19-,20+. The van der Waals surface area contributed by atoms with Gasteiger partial charge in [-0.2, -0.15) is 0 Å². The molecule has 28 heavy (non-hydrogen) atoms. The Kier molecular flexibility index (Phi) is 7.01. The first-order valence-corrected chi connectivity index (χ1v) is 9.92. The summed E-state index contributed by atoms with van der Waals surface area (Å²) in [6, 6.07) is 20.1. The molecule has 0 N–H and O–H groups in total. The van der Waals surface area contributed by atoms with Crippen molar-refractivity contribution < 1.29 is 9.53 Å². The molecule has 2 atom stereocenters. The molecule has 1 heterocycles. The Labute approximate surface area is 168 Å². The molecule has 4 heteroatoms. The maximum absolute atomic E-state index is 11.2. The summed E-state index contributed by atoms with van der Waals surface area (Å²) < 4.78 is 4.63. The molecular weight excluding hydrogens is 348 g/mol. The van der Waals surface area contributed by atoms with Gasteiger partial charge in [0.2, 0.25) is 0 Å². The van der Waals surface area contributed by atoms with Crippen LogP contribution in [0.25, 0.3) is 6.08 Å². The zero-order valence-electron chi connectivity index (χ0n) is 17.0. The molecule has 4 nitrogen and oxygen atoms in total. The number of carbonyl (C=O) groups is 1. The second-order valence-corrected chi connectivity index (χ2v) is 7.65. The third-order valence-corrected chi connectivity index (χ3v) is 5.38. The minimum atomic E-state index is -0.333. The Bertz CT molecular complexity index is 774. The van der Waals surface area contributed by atoms with Crippen molar-refractivity contribution in [1.29, 1.82) is 0 Å². The van der Waals surface area contributed by atoms with Crippen LogP contribution in [-0.4, -0.2) is 48.1 Å². The van der Waals surface area contributed by atoms with Gasteiger partial charge >= 0.3 is 5.97 Å². The summed E-state index contributed by atoms with van der Waals surface area (Å²) in [6.45, 7) is 8.76. The molecule has 1 aliphatic rings. The Morgan fingerprint density at radius 1 is 0.964 bits per heavy atom. The number of piperazine rings is 1. The lowest BCUT2D eigenvalue weighted by Gasteiger charge is -2.44. The lowest BCUT2D eigenvalue weighted by atomic mass is 10.0. The number of ether oxygens (including phenoxy) is 1. The number of benzene rings is 2. The van der Waals surface area contributed by atoms with E-state index in [1.807, 2.05) is 12.1 Å². The largest absolute Gasteiger partial charge is 0.466 e. The third-order valence-electron chi connectivity index (χ3n) is 5.38. The van der Waals surface area contributed by atoms with Crippen LogP contribution in [0.4, 0.5) is 0 Å². The van der Waals surface area contributed by atoms with E-state index in [2.05, 4.69) is 70.8 Å². The lowest BCUT2D eigenvalue weighted by molar-refractivity contribution is -0.134. The van der Waals surface area contributed by atoms with Gasteiger partial charge in [-0.25, -0.2) is 4.79 Å². The van der Waals surface area contributed by atoms with Gasteiger partial charge in [0, 0.05) is 44.3 Å². The molecule has 0 unspecified atom stereocenters. The van der Waals surface area contributed by atoms with E-state index in [1.54, 1.807) is 6.08 Å². The third kappa shape index (κ3) is 5.54. The van der Waals surface area contributed by atoms with Crippen LogP contribution < -0.4 is 0 Å². The fourth-order valence-corrected chi connectivity index (χ4v) is 3.93. The van der Waals surface area contributed by atoms with E-state index < -0.39 is 0 Å². The zero-order chi connectivity index (χ0) is 19.9. The molecule has 1 fully saturated rings. The first-order chi connectivity index (χ1) is 13.5. The normalized spacial score (nSPS) is 21.1. The van der Waals surface area contributed by atoms with Crippen molar-refractivity contribution in [3.05, 3.63) is 77.4 Å². The van der Waals surface area contributed by atoms with Gasteiger partial charge in [-0.3, -0.25) is 9.80 Å². The summed E-state index contributed by atoms with van der Waals surface area (Å²) in [5, 5.41) is 0. The van der Waals surface area contributed by atoms with Crippen LogP contribution >= 0.6 is 0 Å². The Morgan fingerprint density at radius 2 is 1.57 bits per heavy atom. The summed E-state index contributed by atoms with van der Waals surface area (Å²) in [5.41, 5.74) is 3.68. The van der Waals surface area contributed by atoms with Gasteiger partial charge < -0.3 is 4.74 Å². The summed E-state index contributed by atoms with van der Waals surface area (Å²) >= 11 is 0. The number of hydrogen-bond acceptors (Lipinski definition) is 4. The monoisotopic (exact) mass is 378 g/mol. The highest BCUT2D eigenvalue weighted by Crippen LogP contribution is 2.21. The van der Waals surface area contributed by atoms with Gasteiger partial charge in [-0.1, -0.05) is 54.6 Å². The number of esters is 1. The van der Waals surface area contributed by atoms with E-state index in [0.717, 1.165) is 31.7 Å². The maximum Gasteiger partial charge on any atom is 0.330 e. The fourth-order valence-electron chi connectivity index (χ4n) is 3.93. The minimum absolute atomic E-state index is 0.333. The highest BCUT2D eigenvalue weighted by Gasteiger charge is 2.29. The van der Waals surface area contributed by atoms with E-state index in [4.69, 9.17) is 0 Å². The quantitative estimate of drug-likeness (QED) is 0.563. The van der Waals surface area contributed by atoms with E-state index in [1.165, 1.54) is 24.3 Å². The van der Waals surface area contributed by atoms with Crippen molar-refractivity contribution in [3.8, 4) is 0 Å². The number of nitrogens with zero attached hydrogens (tertiary/aromatic N) is 2. The van der Waals surface area contributed by atoms with Gasteiger partial charge in [0.05, 0.1) is 7.11 Å².